The third kappa shape index (κ3) is 2.86. The molecule has 0 unspecified atom stereocenters. The molecule has 0 saturated heterocycles. The van der Waals surface area contributed by atoms with Crippen LogP contribution in [-0.4, -0.2) is 8.42 Å². The average molecular weight is 301 g/mol. The van der Waals surface area contributed by atoms with Gasteiger partial charge in [-0.15, -0.1) is 0 Å². The van der Waals surface area contributed by atoms with Crippen molar-refractivity contribution < 1.29 is 8.42 Å². The van der Waals surface area contributed by atoms with Gasteiger partial charge in [-0.1, -0.05) is 35.9 Å². The normalized spacial score (nSPS) is 11.5. The molecule has 0 atom stereocenters. The van der Waals surface area contributed by atoms with E-state index in [1.165, 1.54) is 12.1 Å². The van der Waals surface area contributed by atoms with Crippen molar-refractivity contribution in [3.05, 3.63) is 53.1 Å². The van der Waals surface area contributed by atoms with Crippen LogP contribution >= 0.6 is 22.3 Å². The van der Waals surface area contributed by atoms with Crippen LogP contribution < -0.4 is 0 Å². The fourth-order valence-electron chi connectivity index (χ4n) is 1.74. The molecule has 0 aliphatic carbocycles. The fraction of sp³-hybridized carbons (Fsp3) is 0.0769. The maximum atomic E-state index is 11.4. The van der Waals surface area contributed by atoms with Crippen LogP contribution in [0.1, 0.15) is 5.56 Å². The SMILES string of the molecule is Cc1cc(-c2ccccc2Cl)cc(S(=O)(=O)Cl)c1. The maximum Gasteiger partial charge on any atom is 0.261 e. The van der Waals surface area contributed by atoms with E-state index in [1.54, 1.807) is 6.07 Å². The first-order valence-corrected chi connectivity index (χ1v) is 7.88. The quantitative estimate of drug-likeness (QED) is 0.777. The van der Waals surface area contributed by atoms with E-state index in [4.69, 9.17) is 22.3 Å². The summed E-state index contributed by atoms with van der Waals surface area (Å²) in [6, 6.07) is 12.2. The van der Waals surface area contributed by atoms with Gasteiger partial charge in [-0.3, -0.25) is 0 Å². The molecule has 2 aromatic rings. The lowest BCUT2D eigenvalue weighted by Crippen LogP contribution is -1.93. The maximum absolute atomic E-state index is 11.4. The summed E-state index contributed by atoms with van der Waals surface area (Å²) in [5.74, 6) is 0. The zero-order valence-corrected chi connectivity index (χ0v) is 11.9. The number of aryl methyl sites for hydroxylation is 1. The number of halogens is 2. The zero-order valence-electron chi connectivity index (χ0n) is 9.52. The van der Waals surface area contributed by atoms with Gasteiger partial charge < -0.3 is 0 Å². The van der Waals surface area contributed by atoms with Gasteiger partial charge in [-0.05, 0) is 36.2 Å². The van der Waals surface area contributed by atoms with Gasteiger partial charge >= 0.3 is 0 Å². The Morgan fingerprint density at radius 2 is 1.72 bits per heavy atom. The molecule has 0 radical (unpaired) electrons. The van der Waals surface area contributed by atoms with Crippen LogP contribution in [0.2, 0.25) is 5.02 Å². The molecule has 0 fully saturated rings. The minimum atomic E-state index is -3.74. The number of rotatable bonds is 2. The van der Waals surface area contributed by atoms with E-state index >= 15 is 0 Å². The average Bonchev–Trinajstić information content (AvgIpc) is 2.27. The largest absolute Gasteiger partial charge is 0.261 e. The Balaban J connectivity index is 2.67. The Bertz CT molecular complexity index is 694. The van der Waals surface area contributed by atoms with E-state index < -0.39 is 9.05 Å². The number of hydrogen-bond donors (Lipinski definition) is 0. The third-order valence-electron chi connectivity index (χ3n) is 2.52. The summed E-state index contributed by atoms with van der Waals surface area (Å²) in [6.45, 7) is 1.81. The lowest BCUT2D eigenvalue weighted by molar-refractivity contribution is 0.609. The second kappa shape index (κ2) is 4.92. The molecule has 0 heterocycles. The summed E-state index contributed by atoms with van der Waals surface area (Å²) in [7, 11) is 1.63. The predicted octanol–water partition coefficient (Wildman–Crippen LogP) is 4.24. The first kappa shape index (κ1) is 13.4. The number of hydrogen-bond acceptors (Lipinski definition) is 2. The van der Waals surface area contributed by atoms with Crippen LogP contribution in [0.4, 0.5) is 0 Å². The molecule has 0 aromatic heterocycles. The standard InChI is InChI=1S/C13H10Cl2O2S/c1-9-6-10(8-11(7-9)18(15,16)17)12-4-2-3-5-13(12)14/h2-8H,1H3. The van der Waals surface area contributed by atoms with Crippen molar-refractivity contribution in [2.24, 2.45) is 0 Å². The van der Waals surface area contributed by atoms with Crippen LogP contribution in [0, 0.1) is 6.92 Å². The van der Waals surface area contributed by atoms with E-state index in [0.717, 1.165) is 16.7 Å². The molecule has 0 N–H and O–H groups in total. The molecule has 18 heavy (non-hydrogen) atoms. The molecule has 2 aromatic carbocycles. The third-order valence-corrected chi connectivity index (χ3v) is 4.18. The molecular weight excluding hydrogens is 291 g/mol. The van der Waals surface area contributed by atoms with Gasteiger partial charge in [0.2, 0.25) is 0 Å². The highest BCUT2D eigenvalue weighted by atomic mass is 35.7. The summed E-state index contributed by atoms with van der Waals surface area (Å²) in [6.07, 6.45) is 0. The van der Waals surface area contributed by atoms with Crippen molar-refractivity contribution in [2.45, 2.75) is 11.8 Å². The molecule has 0 amide bonds. The molecule has 0 spiro atoms. The van der Waals surface area contributed by atoms with Crippen molar-refractivity contribution in [2.75, 3.05) is 0 Å². The molecule has 2 rings (SSSR count). The summed E-state index contributed by atoms with van der Waals surface area (Å²) in [4.78, 5) is 0.0825. The van der Waals surface area contributed by atoms with Crippen LogP contribution in [0.15, 0.2) is 47.4 Å². The molecule has 0 aliphatic rings. The van der Waals surface area contributed by atoms with E-state index in [2.05, 4.69) is 0 Å². The van der Waals surface area contributed by atoms with Crippen molar-refractivity contribution >= 4 is 31.3 Å². The lowest BCUT2D eigenvalue weighted by atomic mass is 10.0. The molecular formula is C13H10Cl2O2S. The van der Waals surface area contributed by atoms with Gasteiger partial charge in [0.05, 0.1) is 4.90 Å². The summed E-state index contributed by atoms with van der Waals surface area (Å²) < 4.78 is 22.8. The van der Waals surface area contributed by atoms with E-state index in [-0.39, 0.29) is 4.90 Å². The van der Waals surface area contributed by atoms with Gasteiger partial charge in [0.25, 0.3) is 9.05 Å². The smallest absolute Gasteiger partial charge is 0.207 e. The molecule has 2 nitrogen and oxygen atoms in total. The Morgan fingerprint density at radius 1 is 1.06 bits per heavy atom. The Morgan fingerprint density at radius 3 is 2.33 bits per heavy atom. The lowest BCUT2D eigenvalue weighted by Gasteiger charge is -2.07. The van der Waals surface area contributed by atoms with Crippen molar-refractivity contribution in [1.29, 1.82) is 0 Å². The minimum Gasteiger partial charge on any atom is -0.207 e. The highest BCUT2D eigenvalue weighted by molar-refractivity contribution is 8.13. The van der Waals surface area contributed by atoms with Crippen LogP contribution in [0.25, 0.3) is 11.1 Å². The summed E-state index contributed by atoms with van der Waals surface area (Å²) >= 11 is 6.10. The first-order valence-electron chi connectivity index (χ1n) is 5.19. The topological polar surface area (TPSA) is 34.1 Å². The monoisotopic (exact) mass is 300 g/mol. The highest BCUT2D eigenvalue weighted by Crippen LogP contribution is 2.30. The molecule has 94 valence electrons. The molecule has 5 heteroatoms. The highest BCUT2D eigenvalue weighted by Gasteiger charge is 2.13. The van der Waals surface area contributed by atoms with E-state index in [0.29, 0.717) is 5.02 Å². The Kier molecular flexibility index (Phi) is 3.66. The van der Waals surface area contributed by atoms with Gasteiger partial charge in [-0.25, -0.2) is 8.42 Å². The van der Waals surface area contributed by atoms with Gasteiger partial charge in [-0.2, -0.15) is 0 Å². The van der Waals surface area contributed by atoms with Gasteiger partial charge in [0.1, 0.15) is 0 Å². The van der Waals surface area contributed by atoms with Gasteiger partial charge in [0.15, 0.2) is 0 Å². The van der Waals surface area contributed by atoms with Crippen LogP contribution in [-0.2, 0) is 9.05 Å². The van der Waals surface area contributed by atoms with Crippen LogP contribution in [0.5, 0.6) is 0 Å². The Labute approximate surface area is 116 Å². The van der Waals surface area contributed by atoms with E-state index in [9.17, 15) is 8.42 Å². The second-order valence-electron chi connectivity index (χ2n) is 3.95. The van der Waals surface area contributed by atoms with Crippen molar-refractivity contribution in [3.63, 3.8) is 0 Å². The first-order chi connectivity index (χ1) is 8.38. The molecule has 0 saturated carbocycles. The summed E-state index contributed by atoms with van der Waals surface area (Å²) in [5.41, 5.74) is 2.33. The molecule has 0 aliphatic heterocycles. The van der Waals surface area contributed by atoms with Crippen molar-refractivity contribution in [1.82, 2.24) is 0 Å². The Hall–Kier alpha value is -1.03. The molecule has 0 bridgehead atoms. The zero-order chi connectivity index (χ0) is 13.3. The minimum absolute atomic E-state index is 0.0825. The fourth-order valence-corrected chi connectivity index (χ4v) is 2.85. The van der Waals surface area contributed by atoms with Crippen LogP contribution in [0.3, 0.4) is 0 Å². The van der Waals surface area contributed by atoms with E-state index in [1.807, 2.05) is 31.2 Å². The van der Waals surface area contributed by atoms with Gasteiger partial charge in [0, 0.05) is 21.3 Å². The predicted molar refractivity (Wildman–Crippen MR) is 74.7 cm³/mol. The summed E-state index contributed by atoms with van der Waals surface area (Å²) in [5, 5.41) is 0.570. The second-order valence-corrected chi connectivity index (χ2v) is 6.93. The van der Waals surface area contributed by atoms with Crippen molar-refractivity contribution in [3.8, 4) is 11.1 Å². The number of benzene rings is 2.